The van der Waals surface area contributed by atoms with Crippen molar-refractivity contribution in [3.05, 3.63) is 33.8 Å². The fourth-order valence-corrected chi connectivity index (χ4v) is 0.751. The minimum absolute atomic E-state index is 0.646. The van der Waals surface area contributed by atoms with Crippen molar-refractivity contribution < 1.29 is 0 Å². The maximum absolute atomic E-state index is 5.54. The zero-order valence-electron chi connectivity index (χ0n) is 3.99. The topological polar surface area (TPSA) is 0 Å². The Hall–Kier alpha value is -0.0100. The molecule has 0 amide bonds. The van der Waals surface area contributed by atoms with Gasteiger partial charge in [0.25, 0.3) is 0 Å². The van der Waals surface area contributed by atoms with Crippen LogP contribution in [0, 0.1) is 6.07 Å². The van der Waals surface area contributed by atoms with Gasteiger partial charge in [0.1, 0.15) is 0 Å². The van der Waals surface area contributed by atoms with Crippen LogP contribution in [0.2, 0.25) is 5.02 Å². The molecular formula is C6H3BrCl. The highest BCUT2D eigenvalue weighted by molar-refractivity contribution is 9.10. The Balaban J connectivity index is 3.03. The third kappa shape index (κ3) is 1.49. The minimum atomic E-state index is 0.646. The van der Waals surface area contributed by atoms with Crippen LogP contribution >= 0.6 is 27.5 Å². The second-order valence-corrected chi connectivity index (χ2v) is 2.68. The smallest absolute Gasteiger partial charge is 0.0485 e. The summed E-state index contributed by atoms with van der Waals surface area (Å²) in [6.45, 7) is 0. The molecule has 0 fully saturated rings. The van der Waals surface area contributed by atoms with E-state index in [2.05, 4.69) is 22.0 Å². The molecule has 0 aromatic heterocycles. The molecule has 0 aliphatic rings. The van der Waals surface area contributed by atoms with Crippen LogP contribution in [0.4, 0.5) is 0 Å². The van der Waals surface area contributed by atoms with E-state index in [-0.39, 0.29) is 0 Å². The lowest BCUT2D eigenvalue weighted by Gasteiger charge is -1.85. The monoisotopic (exact) mass is 189 g/mol. The van der Waals surface area contributed by atoms with Crippen LogP contribution in [0.25, 0.3) is 0 Å². The molecule has 1 radical (unpaired) electrons. The molecule has 0 saturated heterocycles. The molecule has 0 nitrogen and oxygen atoms in total. The van der Waals surface area contributed by atoms with E-state index < -0.39 is 0 Å². The molecule has 1 rings (SSSR count). The molecule has 0 atom stereocenters. The normalized spacial score (nSPS) is 9.25. The van der Waals surface area contributed by atoms with E-state index in [1.54, 1.807) is 12.1 Å². The second-order valence-electron chi connectivity index (χ2n) is 1.35. The Labute approximate surface area is 61.6 Å². The van der Waals surface area contributed by atoms with Crippen molar-refractivity contribution in [2.24, 2.45) is 0 Å². The fraction of sp³-hybridized carbons (Fsp3) is 0. The standard InChI is InChI=1S/C6H3BrCl/c7-5-1-3-6(8)4-2-5/h1-3H. The summed E-state index contributed by atoms with van der Waals surface area (Å²) in [5.74, 6) is 0. The van der Waals surface area contributed by atoms with Crippen molar-refractivity contribution in [2.45, 2.75) is 0 Å². The molecule has 0 heterocycles. The zero-order valence-corrected chi connectivity index (χ0v) is 6.33. The van der Waals surface area contributed by atoms with Gasteiger partial charge >= 0.3 is 0 Å². The fourth-order valence-electron chi connectivity index (χ4n) is 0.387. The second kappa shape index (κ2) is 2.51. The van der Waals surface area contributed by atoms with Gasteiger partial charge in [-0.2, -0.15) is 0 Å². The average Bonchev–Trinajstić information content (AvgIpc) is 1.77. The van der Waals surface area contributed by atoms with Gasteiger partial charge in [0.05, 0.1) is 0 Å². The van der Waals surface area contributed by atoms with Crippen LogP contribution < -0.4 is 0 Å². The molecule has 8 heavy (non-hydrogen) atoms. The molecular weight excluding hydrogens is 187 g/mol. The van der Waals surface area contributed by atoms with E-state index in [1.165, 1.54) is 0 Å². The summed E-state index contributed by atoms with van der Waals surface area (Å²) in [6, 6.07) is 8.26. The lowest BCUT2D eigenvalue weighted by Crippen LogP contribution is -1.62. The van der Waals surface area contributed by atoms with E-state index in [9.17, 15) is 0 Å². The number of hydrogen-bond donors (Lipinski definition) is 0. The highest BCUT2D eigenvalue weighted by atomic mass is 79.9. The summed E-state index contributed by atoms with van der Waals surface area (Å²) >= 11 is 8.79. The maximum atomic E-state index is 5.54. The molecule has 0 aliphatic heterocycles. The summed E-state index contributed by atoms with van der Waals surface area (Å²) in [5, 5.41) is 0.646. The predicted octanol–water partition coefficient (Wildman–Crippen LogP) is 2.90. The molecule has 1 aromatic carbocycles. The third-order valence-corrected chi connectivity index (χ3v) is 1.47. The molecule has 0 spiro atoms. The third-order valence-electron chi connectivity index (χ3n) is 0.737. The molecule has 0 N–H and O–H groups in total. The van der Waals surface area contributed by atoms with Crippen molar-refractivity contribution in [1.29, 1.82) is 0 Å². The molecule has 0 saturated carbocycles. The quantitative estimate of drug-likeness (QED) is 0.590. The summed E-state index contributed by atoms with van der Waals surface area (Å²) in [5.41, 5.74) is 0. The highest BCUT2D eigenvalue weighted by Crippen LogP contribution is 2.12. The van der Waals surface area contributed by atoms with E-state index in [1.807, 2.05) is 6.07 Å². The van der Waals surface area contributed by atoms with Crippen LogP contribution in [-0.4, -0.2) is 0 Å². The van der Waals surface area contributed by atoms with Crippen molar-refractivity contribution in [1.82, 2.24) is 0 Å². The van der Waals surface area contributed by atoms with Gasteiger partial charge in [0.15, 0.2) is 0 Å². The van der Waals surface area contributed by atoms with Gasteiger partial charge < -0.3 is 0 Å². The molecule has 1 aromatic rings. The number of halogens is 2. The average molecular weight is 190 g/mol. The van der Waals surface area contributed by atoms with Crippen LogP contribution in [0.1, 0.15) is 0 Å². The molecule has 41 valence electrons. The Morgan fingerprint density at radius 2 is 2.25 bits per heavy atom. The summed E-state index contributed by atoms with van der Waals surface area (Å²) in [7, 11) is 0. The van der Waals surface area contributed by atoms with Crippen molar-refractivity contribution >= 4 is 27.5 Å². The van der Waals surface area contributed by atoms with Crippen molar-refractivity contribution in [3.8, 4) is 0 Å². The van der Waals surface area contributed by atoms with Crippen LogP contribution in [-0.2, 0) is 0 Å². The summed E-state index contributed by atoms with van der Waals surface area (Å²) in [6.07, 6.45) is 0. The van der Waals surface area contributed by atoms with Gasteiger partial charge in [-0.15, -0.1) is 0 Å². The number of benzene rings is 1. The van der Waals surface area contributed by atoms with E-state index in [0.29, 0.717) is 5.02 Å². The largest absolute Gasteiger partial charge is 0.0837 e. The van der Waals surface area contributed by atoms with Crippen molar-refractivity contribution in [2.75, 3.05) is 0 Å². The molecule has 0 bridgehead atoms. The molecule has 0 unspecified atom stereocenters. The van der Waals surface area contributed by atoms with E-state index in [4.69, 9.17) is 11.6 Å². The van der Waals surface area contributed by atoms with Gasteiger partial charge in [-0.3, -0.25) is 0 Å². The molecule has 0 aliphatic carbocycles. The van der Waals surface area contributed by atoms with Gasteiger partial charge in [0.2, 0.25) is 0 Å². The number of hydrogen-bond acceptors (Lipinski definition) is 0. The highest BCUT2D eigenvalue weighted by Gasteiger charge is 1.84. The zero-order chi connectivity index (χ0) is 5.98. The number of rotatable bonds is 0. The lowest BCUT2D eigenvalue weighted by molar-refractivity contribution is 1.64. The summed E-state index contributed by atoms with van der Waals surface area (Å²) < 4.78 is 1.00. The van der Waals surface area contributed by atoms with Gasteiger partial charge in [-0.25, -0.2) is 0 Å². The Morgan fingerprint density at radius 3 is 2.62 bits per heavy atom. The van der Waals surface area contributed by atoms with Crippen LogP contribution in [0.15, 0.2) is 22.7 Å². The first-order valence-electron chi connectivity index (χ1n) is 2.12. The first-order chi connectivity index (χ1) is 3.79. The maximum Gasteiger partial charge on any atom is 0.0485 e. The first kappa shape index (κ1) is 6.12. The molecule has 2 heteroatoms. The van der Waals surface area contributed by atoms with Gasteiger partial charge in [-0.1, -0.05) is 27.5 Å². The predicted molar refractivity (Wildman–Crippen MR) is 38.0 cm³/mol. The van der Waals surface area contributed by atoms with Crippen LogP contribution in [0.3, 0.4) is 0 Å². The Morgan fingerprint density at radius 1 is 1.50 bits per heavy atom. The van der Waals surface area contributed by atoms with Gasteiger partial charge in [0, 0.05) is 15.6 Å². The lowest BCUT2D eigenvalue weighted by atomic mass is 10.4. The first-order valence-corrected chi connectivity index (χ1v) is 3.29. The van der Waals surface area contributed by atoms with E-state index >= 15 is 0 Å². The van der Waals surface area contributed by atoms with E-state index in [0.717, 1.165) is 4.47 Å². The van der Waals surface area contributed by atoms with Gasteiger partial charge in [-0.05, 0) is 18.2 Å². The Bertz CT molecular complexity index is 147. The van der Waals surface area contributed by atoms with Crippen LogP contribution in [0.5, 0.6) is 0 Å². The summed E-state index contributed by atoms with van der Waals surface area (Å²) in [4.78, 5) is 0. The Kier molecular flexibility index (Phi) is 1.92. The minimum Gasteiger partial charge on any atom is -0.0837 e. The van der Waals surface area contributed by atoms with Crippen molar-refractivity contribution in [3.63, 3.8) is 0 Å². The SMILES string of the molecule is Clc1[c]cc(Br)cc1.